The van der Waals surface area contributed by atoms with Gasteiger partial charge < -0.3 is 9.84 Å². The van der Waals surface area contributed by atoms with Crippen molar-refractivity contribution in [3.8, 4) is 11.6 Å². The van der Waals surface area contributed by atoms with Crippen molar-refractivity contribution in [2.24, 2.45) is 0 Å². The molecule has 1 aromatic heterocycles. The number of pyridine rings is 1. The van der Waals surface area contributed by atoms with Gasteiger partial charge in [-0.15, -0.1) is 0 Å². The minimum Gasteiger partial charge on any atom is -0.478 e. The first-order valence-corrected chi connectivity index (χ1v) is 5.51. The number of rotatable bonds is 3. The van der Waals surface area contributed by atoms with E-state index >= 15 is 0 Å². The molecule has 0 radical (unpaired) electrons. The molecule has 92 valence electrons. The van der Waals surface area contributed by atoms with Crippen LogP contribution in [-0.4, -0.2) is 16.1 Å². The fourth-order valence-corrected chi connectivity index (χ4v) is 1.53. The van der Waals surface area contributed by atoms with Crippen molar-refractivity contribution < 1.29 is 14.6 Å². The molecule has 0 saturated heterocycles. The molecule has 2 rings (SSSR count). The summed E-state index contributed by atoms with van der Waals surface area (Å²) in [5, 5.41) is 8.95. The zero-order valence-electron chi connectivity index (χ0n) is 10.2. The second-order valence-electron chi connectivity index (χ2n) is 4.01. The molecule has 0 saturated carbocycles. The van der Waals surface area contributed by atoms with Crippen molar-refractivity contribution in [3.63, 3.8) is 0 Å². The maximum atomic E-state index is 10.9. The van der Waals surface area contributed by atoms with Crippen LogP contribution < -0.4 is 4.74 Å². The van der Waals surface area contributed by atoms with Gasteiger partial charge in [0.2, 0.25) is 5.88 Å². The minimum atomic E-state index is -0.974. The van der Waals surface area contributed by atoms with Gasteiger partial charge in [0.1, 0.15) is 5.75 Å². The predicted molar refractivity (Wildman–Crippen MR) is 67.2 cm³/mol. The lowest BCUT2D eigenvalue weighted by atomic mass is 10.1. The van der Waals surface area contributed by atoms with Gasteiger partial charge in [-0.1, -0.05) is 12.1 Å². The summed E-state index contributed by atoms with van der Waals surface area (Å²) in [5.74, 6) is 0.0254. The van der Waals surface area contributed by atoms with E-state index in [9.17, 15) is 4.79 Å². The highest BCUT2D eigenvalue weighted by Gasteiger charge is 2.09. The summed E-state index contributed by atoms with van der Waals surface area (Å²) in [6, 6.07) is 8.49. The molecule has 0 atom stereocenters. The summed E-state index contributed by atoms with van der Waals surface area (Å²) >= 11 is 0. The number of hydrogen-bond donors (Lipinski definition) is 1. The Hall–Kier alpha value is -2.36. The molecule has 0 amide bonds. The molecule has 0 bridgehead atoms. The summed E-state index contributed by atoms with van der Waals surface area (Å²) in [6.45, 7) is 3.75. The number of hydrogen-bond acceptors (Lipinski definition) is 3. The van der Waals surface area contributed by atoms with Crippen LogP contribution in [0.4, 0.5) is 0 Å². The fraction of sp³-hybridized carbons (Fsp3) is 0.143. The zero-order chi connectivity index (χ0) is 13.1. The van der Waals surface area contributed by atoms with Gasteiger partial charge in [0.05, 0.1) is 5.56 Å². The third-order valence-electron chi connectivity index (χ3n) is 2.60. The zero-order valence-corrected chi connectivity index (χ0v) is 10.2. The summed E-state index contributed by atoms with van der Waals surface area (Å²) in [5.41, 5.74) is 1.96. The molecule has 1 heterocycles. The normalized spacial score (nSPS) is 10.1. The Morgan fingerprint density at radius 3 is 2.67 bits per heavy atom. The van der Waals surface area contributed by atoms with E-state index in [1.807, 2.05) is 26.0 Å². The van der Waals surface area contributed by atoms with Crippen molar-refractivity contribution in [1.29, 1.82) is 0 Å². The lowest BCUT2D eigenvalue weighted by Crippen LogP contribution is -1.98. The maximum Gasteiger partial charge on any atom is 0.335 e. The van der Waals surface area contributed by atoms with E-state index in [1.54, 1.807) is 18.3 Å². The standard InChI is InChI=1S/C14H13NO3/c1-9-5-6-11(14(16)17)8-12(9)18-13-10(2)4-3-7-15-13/h3-8H,1-2H3,(H,16,17). The number of carboxylic acids is 1. The first-order chi connectivity index (χ1) is 8.58. The van der Waals surface area contributed by atoms with Crippen LogP contribution in [0.15, 0.2) is 36.5 Å². The molecule has 0 unspecified atom stereocenters. The highest BCUT2D eigenvalue weighted by molar-refractivity contribution is 5.88. The highest BCUT2D eigenvalue weighted by Crippen LogP contribution is 2.26. The highest BCUT2D eigenvalue weighted by atomic mass is 16.5. The van der Waals surface area contributed by atoms with Gasteiger partial charge in [0.25, 0.3) is 0 Å². The van der Waals surface area contributed by atoms with E-state index in [1.165, 1.54) is 6.07 Å². The lowest BCUT2D eigenvalue weighted by molar-refractivity contribution is 0.0696. The molecule has 0 aliphatic rings. The monoisotopic (exact) mass is 243 g/mol. The number of carbonyl (C=O) groups is 1. The van der Waals surface area contributed by atoms with Crippen LogP contribution in [0, 0.1) is 13.8 Å². The smallest absolute Gasteiger partial charge is 0.335 e. The third-order valence-corrected chi connectivity index (χ3v) is 2.60. The van der Waals surface area contributed by atoms with Crippen molar-refractivity contribution in [2.45, 2.75) is 13.8 Å². The number of benzene rings is 1. The molecule has 0 aliphatic heterocycles. The quantitative estimate of drug-likeness (QED) is 0.899. The minimum absolute atomic E-state index is 0.198. The van der Waals surface area contributed by atoms with Crippen LogP contribution in [-0.2, 0) is 0 Å². The van der Waals surface area contributed by atoms with Gasteiger partial charge in [-0.2, -0.15) is 0 Å². The summed E-state index contributed by atoms with van der Waals surface area (Å²) in [4.78, 5) is 15.0. The average molecular weight is 243 g/mol. The third kappa shape index (κ3) is 2.48. The summed E-state index contributed by atoms with van der Waals surface area (Å²) < 4.78 is 5.66. The number of ether oxygens (including phenoxy) is 1. The van der Waals surface area contributed by atoms with Gasteiger partial charge in [-0.3, -0.25) is 0 Å². The Kier molecular flexibility index (Phi) is 3.28. The van der Waals surface area contributed by atoms with Crippen molar-refractivity contribution in [3.05, 3.63) is 53.2 Å². The SMILES string of the molecule is Cc1ccc(C(=O)O)cc1Oc1ncccc1C. The van der Waals surface area contributed by atoms with Crippen LogP contribution in [0.5, 0.6) is 11.6 Å². The molecule has 18 heavy (non-hydrogen) atoms. The van der Waals surface area contributed by atoms with E-state index in [0.717, 1.165) is 11.1 Å². The molecule has 2 aromatic rings. The van der Waals surface area contributed by atoms with E-state index in [-0.39, 0.29) is 5.56 Å². The first-order valence-electron chi connectivity index (χ1n) is 5.51. The number of aromatic nitrogens is 1. The van der Waals surface area contributed by atoms with Crippen LogP contribution >= 0.6 is 0 Å². The molecule has 4 nitrogen and oxygen atoms in total. The number of aromatic carboxylic acids is 1. The molecular weight excluding hydrogens is 230 g/mol. The van der Waals surface area contributed by atoms with Gasteiger partial charge in [0, 0.05) is 11.8 Å². The van der Waals surface area contributed by atoms with Gasteiger partial charge in [-0.25, -0.2) is 9.78 Å². The van der Waals surface area contributed by atoms with E-state index in [0.29, 0.717) is 11.6 Å². The Bertz CT molecular complexity index is 593. The van der Waals surface area contributed by atoms with Crippen LogP contribution in [0.25, 0.3) is 0 Å². The fourth-order valence-electron chi connectivity index (χ4n) is 1.53. The van der Waals surface area contributed by atoms with Gasteiger partial charge >= 0.3 is 5.97 Å². The molecular formula is C14H13NO3. The average Bonchev–Trinajstić information content (AvgIpc) is 2.34. The topological polar surface area (TPSA) is 59.4 Å². The second-order valence-corrected chi connectivity index (χ2v) is 4.01. The Balaban J connectivity index is 2.37. The number of nitrogens with zero attached hydrogens (tertiary/aromatic N) is 1. The Labute approximate surface area is 105 Å². The second kappa shape index (κ2) is 4.87. The molecule has 0 fully saturated rings. The van der Waals surface area contributed by atoms with E-state index in [4.69, 9.17) is 9.84 Å². The van der Waals surface area contributed by atoms with Crippen molar-refractivity contribution in [2.75, 3.05) is 0 Å². The number of aryl methyl sites for hydroxylation is 2. The van der Waals surface area contributed by atoms with Crippen molar-refractivity contribution in [1.82, 2.24) is 4.98 Å². The molecule has 0 spiro atoms. The Morgan fingerprint density at radius 1 is 1.22 bits per heavy atom. The predicted octanol–water partition coefficient (Wildman–Crippen LogP) is 3.19. The van der Waals surface area contributed by atoms with Crippen LogP contribution in [0.1, 0.15) is 21.5 Å². The van der Waals surface area contributed by atoms with Gasteiger partial charge in [0.15, 0.2) is 0 Å². The summed E-state index contributed by atoms with van der Waals surface area (Å²) in [6.07, 6.45) is 1.64. The van der Waals surface area contributed by atoms with Crippen LogP contribution in [0.2, 0.25) is 0 Å². The maximum absolute atomic E-state index is 10.9. The largest absolute Gasteiger partial charge is 0.478 e. The first kappa shape index (κ1) is 12.1. The molecule has 4 heteroatoms. The lowest BCUT2D eigenvalue weighted by Gasteiger charge is -2.10. The van der Waals surface area contributed by atoms with Gasteiger partial charge in [-0.05, 0) is 37.6 Å². The molecule has 1 N–H and O–H groups in total. The van der Waals surface area contributed by atoms with Crippen molar-refractivity contribution >= 4 is 5.97 Å². The Morgan fingerprint density at radius 2 is 2.00 bits per heavy atom. The summed E-state index contributed by atoms with van der Waals surface area (Å²) in [7, 11) is 0. The van der Waals surface area contributed by atoms with Crippen LogP contribution in [0.3, 0.4) is 0 Å². The molecule has 0 aliphatic carbocycles. The molecule has 1 aromatic carbocycles. The van der Waals surface area contributed by atoms with E-state index in [2.05, 4.69) is 4.98 Å². The number of carboxylic acid groups (broad SMARTS) is 1. The van der Waals surface area contributed by atoms with E-state index < -0.39 is 5.97 Å².